The summed E-state index contributed by atoms with van der Waals surface area (Å²) < 4.78 is 1.63. The van der Waals surface area contributed by atoms with Crippen LogP contribution in [0.3, 0.4) is 0 Å². The Kier molecular flexibility index (Phi) is 2.97. The van der Waals surface area contributed by atoms with Gasteiger partial charge < -0.3 is 5.11 Å². The van der Waals surface area contributed by atoms with Crippen molar-refractivity contribution in [3.63, 3.8) is 0 Å². The molecule has 19 heavy (non-hydrogen) atoms. The Balaban J connectivity index is 2.04. The summed E-state index contributed by atoms with van der Waals surface area (Å²) in [7, 11) is 0. The minimum absolute atomic E-state index is 0.154. The molecule has 0 spiro atoms. The molecule has 3 nitrogen and oxygen atoms in total. The first-order valence-electron chi connectivity index (χ1n) is 5.84. The minimum Gasteiger partial charge on any atom is -0.504 e. The monoisotopic (exact) mass is 270 g/mol. The van der Waals surface area contributed by atoms with E-state index in [-0.39, 0.29) is 5.75 Å². The Labute approximate surface area is 115 Å². The zero-order valence-electron chi connectivity index (χ0n) is 9.99. The van der Waals surface area contributed by atoms with Gasteiger partial charge in [0.05, 0.1) is 11.9 Å². The summed E-state index contributed by atoms with van der Waals surface area (Å²) in [6, 6.07) is 16.9. The number of aromatic nitrogens is 2. The van der Waals surface area contributed by atoms with Crippen molar-refractivity contribution in [2.75, 3.05) is 0 Å². The van der Waals surface area contributed by atoms with E-state index in [1.54, 1.807) is 23.0 Å². The van der Waals surface area contributed by atoms with E-state index in [4.69, 9.17) is 11.6 Å². The van der Waals surface area contributed by atoms with Crippen LogP contribution in [0.1, 0.15) is 0 Å². The van der Waals surface area contributed by atoms with Gasteiger partial charge in [0, 0.05) is 10.6 Å². The molecule has 3 rings (SSSR count). The van der Waals surface area contributed by atoms with Crippen LogP contribution >= 0.6 is 11.6 Å². The second-order valence-corrected chi connectivity index (χ2v) is 4.59. The van der Waals surface area contributed by atoms with Crippen LogP contribution < -0.4 is 0 Å². The van der Waals surface area contributed by atoms with E-state index < -0.39 is 0 Å². The summed E-state index contributed by atoms with van der Waals surface area (Å²) in [5, 5.41) is 15.1. The fourth-order valence-electron chi connectivity index (χ4n) is 1.89. The van der Waals surface area contributed by atoms with E-state index in [9.17, 15) is 5.11 Å². The van der Waals surface area contributed by atoms with E-state index in [0.29, 0.717) is 10.7 Å². The van der Waals surface area contributed by atoms with Crippen molar-refractivity contribution in [2.24, 2.45) is 0 Å². The third-order valence-corrected chi connectivity index (χ3v) is 3.09. The van der Waals surface area contributed by atoms with E-state index in [2.05, 4.69) is 5.10 Å². The molecule has 0 fully saturated rings. The molecule has 94 valence electrons. The lowest BCUT2D eigenvalue weighted by Crippen LogP contribution is -1.94. The summed E-state index contributed by atoms with van der Waals surface area (Å²) >= 11 is 5.85. The van der Waals surface area contributed by atoms with Crippen molar-refractivity contribution in [3.8, 4) is 22.7 Å². The molecule has 1 heterocycles. The molecule has 0 saturated carbocycles. The molecule has 3 aromatic rings. The molecule has 0 atom stereocenters. The smallest absolute Gasteiger partial charge is 0.162 e. The highest BCUT2D eigenvalue weighted by Crippen LogP contribution is 2.28. The second-order valence-electron chi connectivity index (χ2n) is 4.15. The first-order chi connectivity index (χ1) is 9.24. The van der Waals surface area contributed by atoms with Gasteiger partial charge in [-0.25, -0.2) is 4.68 Å². The molecule has 0 radical (unpaired) electrons. The molecule has 2 aromatic carbocycles. The normalized spacial score (nSPS) is 10.6. The van der Waals surface area contributed by atoms with Crippen LogP contribution in [0, 0.1) is 0 Å². The van der Waals surface area contributed by atoms with Gasteiger partial charge in [-0.15, -0.1) is 0 Å². The highest BCUT2D eigenvalue weighted by atomic mass is 35.5. The second kappa shape index (κ2) is 4.78. The SMILES string of the molecule is Oc1cn(-c2ccc(Cl)cc2)nc1-c1ccccc1. The largest absolute Gasteiger partial charge is 0.504 e. The summed E-state index contributed by atoms with van der Waals surface area (Å²) in [4.78, 5) is 0. The van der Waals surface area contributed by atoms with Gasteiger partial charge in [0.2, 0.25) is 0 Å². The Bertz CT molecular complexity index is 690. The van der Waals surface area contributed by atoms with Crippen LogP contribution in [-0.2, 0) is 0 Å². The first-order valence-corrected chi connectivity index (χ1v) is 6.22. The van der Waals surface area contributed by atoms with Gasteiger partial charge in [0.25, 0.3) is 0 Å². The number of aromatic hydroxyl groups is 1. The minimum atomic E-state index is 0.154. The average Bonchev–Trinajstić information content (AvgIpc) is 2.83. The molecule has 0 aliphatic heterocycles. The molecule has 0 bridgehead atoms. The van der Waals surface area contributed by atoms with Crippen LogP contribution in [-0.4, -0.2) is 14.9 Å². The predicted octanol–water partition coefficient (Wildman–Crippen LogP) is 3.90. The quantitative estimate of drug-likeness (QED) is 0.767. The van der Waals surface area contributed by atoms with Crippen molar-refractivity contribution in [3.05, 3.63) is 65.8 Å². The van der Waals surface area contributed by atoms with Crippen LogP contribution in [0.5, 0.6) is 5.75 Å². The standard InChI is InChI=1S/C15H11ClN2O/c16-12-6-8-13(9-7-12)18-10-14(19)15(17-18)11-4-2-1-3-5-11/h1-10,19H. The lowest BCUT2D eigenvalue weighted by molar-refractivity contribution is 0.477. The Morgan fingerprint density at radius 2 is 1.63 bits per heavy atom. The van der Waals surface area contributed by atoms with Gasteiger partial charge in [-0.1, -0.05) is 41.9 Å². The van der Waals surface area contributed by atoms with Gasteiger partial charge in [-0.2, -0.15) is 5.10 Å². The summed E-state index contributed by atoms with van der Waals surface area (Å²) in [5.41, 5.74) is 2.30. The van der Waals surface area contributed by atoms with Crippen molar-refractivity contribution in [1.29, 1.82) is 0 Å². The van der Waals surface area contributed by atoms with Crippen molar-refractivity contribution >= 4 is 11.6 Å². The third-order valence-electron chi connectivity index (χ3n) is 2.83. The predicted molar refractivity (Wildman–Crippen MR) is 75.7 cm³/mol. The Hall–Kier alpha value is -2.26. The van der Waals surface area contributed by atoms with Crippen molar-refractivity contribution in [1.82, 2.24) is 9.78 Å². The summed E-state index contributed by atoms with van der Waals surface area (Å²) in [5.74, 6) is 0.154. The lowest BCUT2D eigenvalue weighted by atomic mass is 10.1. The van der Waals surface area contributed by atoms with Gasteiger partial charge in [0.15, 0.2) is 5.75 Å². The molecular weight excluding hydrogens is 260 g/mol. The molecule has 0 aliphatic rings. The summed E-state index contributed by atoms with van der Waals surface area (Å²) in [6.45, 7) is 0. The molecule has 0 aliphatic carbocycles. The molecule has 0 unspecified atom stereocenters. The highest BCUT2D eigenvalue weighted by molar-refractivity contribution is 6.30. The fourth-order valence-corrected chi connectivity index (χ4v) is 2.02. The molecule has 0 saturated heterocycles. The number of rotatable bonds is 2. The molecule has 4 heteroatoms. The van der Waals surface area contributed by atoms with E-state index in [1.807, 2.05) is 42.5 Å². The average molecular weight is 271 g/mol. The number of halogens is 1. The van der Waals surface area contributed by atoms with Gasteiger partial charge in [0.1, 0.15) is 5.69 Å². The summed E-state index contributed by atoms with van der Waals surface area (Å²) in [6.07, 6.45) is 1.59. The van der Waals surface area contributed by atoms with Crippen LogP contribution in [0.15, 0.2) is 60.8 Å². The molecular formula is C15H11ClN2O. The molecule has 1 N–H and O–H groups in total. The maximum Gasteiger partial charge on any atom is 0.162 e. The number of benzene rings is 2. The van der Waals surface area contributed by atoms with Crippen LogP contribution in [0.2, 0.25) is 5.02 Å². The van der Waals surface area contributed by atoms with Gasteiger partial charge in [-0.05, 0) is 24.3 Å². The first kappa shape index (κ1) is 11.8. The van der Waals surface area contributed by atoms with Gasteiger partial charge >= 0.3 is 0 Å². The lowest BCUT2D eigenvalue weighted by Gasteiger charge is -2.00. The fraction of sp³-hybridized carbons (Fsp3) is 0. The van der Waals surface area contributed by atoms with Crippen LogP contribution in [0.25, 0.3) is 16.9 Å². The topological polar surface area (TPSA) is 38.0 Å². The van der Waals surface area contributed by atoms with E-state index in [0.717, 1.165) is 11.3 Å². The zero-order valence-corrected chi connectivity index (χ0v) is 10.7. The maximum absolute atomic E-state index is 9.99. The number of hydrogen-bond donors (Lipinski definition) is 1. The molecule has 1 aromatic heterocycles. The maximum atomic E-state index is 9.99. The van der Waals surface area contributed by atoms with E-state index in [1.165, 1.54) is 0 Å². The van der Waals surface area contributed by atoms with Crippen molar-refractivity contribution < 1.29 is 5.11 Å². The number of nitrogens with zero attached hydrogens (tertiary/aromatic N) is 2. The van der Waals surface area contributed by atoms with Crippen molar-refractivity contribution in [2.45, 2.75) is 0 Å². The van der Waals surface area contributed by atoms with Gasteiger partial charge in [-0.3, -0.25) is 0 Å². The molecule has 0 amide bonds. The third kappa shape index (κ3) is 2.33. The zero-order chi connectivity index (χ0) is 13.2. The Morgan fingerprint density at radius 3 is 2.32 bits per heavy atom. The highest BCUT2D eigenvalue weighted by Gasteiger charge is 2.10. The number of hydrogen-bond acceptors (Lipinski definition) is 2. The van der Waals surface area contributed by atoms with Crippen LogP contribution in [0.4, 0.5) is 0 Å². The van der Waals surface area contributed by atoms with E-state index >= 15 is 0 Å². The Morgan fingerprint density at radius 1 is 0.947 bits per heavy atom.